The molecule has 0 spiro atoms. The second kappa shape index (κ2) is 3.89. The van der Waals surface area contributed by atoms with Gasteiger partial charge in [-0.2, -0.15) is 0 Å². The third-order valence-electron chi connectivity index (χ3n) is 3.33. The predicted molar refractivity (Wildman–Crippen MR) is 61.4 cm³/mol. The Bertz CT molecular complexity index is 421. The third kappa shape index (κ3) is 1.98. The normalized spacial score (nSPS) is 21.8. The molecule has 2 aliphatic rings. The quantitative estimate of drug-likeness (QED) is 0.859. The van der Waals surface area contributed by atoms with Gasteiger partial charge in [0.1, 0.15) is 6.10 Å². The number of hydrogen-bond donors (Lipinski definition) is 1. The number of aliphatic hydroxyl groups is 1. The molecule has 4 nitrogen and oxygen atoms in total. The van der Waals surface area contributed by atoms with Gasteiger partial charge in [0.2, 0.25) is 0 Å². The van der Waals surface area contributed by atoms with Gasteiger partial charge in [0.25, 0.3) is 0 Å². The van der Waals surface area contributed by atoms with Gasteiger partial charge in [-0.1, -0.05) is 6.07 Å². The van der Waals surface area contributed by atoms with Crippen LogP contribution in [0.3, 0.4) is 0 Å². The number of hydrogen-bond acceptors (Lipinski definition) is 4. The molecule has 1 aliphatic carbocycles. The summed E-state index contributed by atoms with van der Waals surface area (Å²) in [5.41, 5.74) is 0.272. The van der Waals surface area contributed by atoms with Gasteiger partial charge in [-0.25, -0.2) is 0 Å². The summed E-state index contributed by atoms with van der Waals surface area (Å²) in [5.74, 6) is 1.39. The van der Waals surface area contributed by atoms with Gasteiger partial charge in [0.05, 0.1) is 25.9 Å². The fraction of sp³-hybridized carbons (Fsp3) is 0.538. The van der Waals surface area contributed by atoms with Crippen molar-refractivity contribution < 1.29 is 19.3 Å². The highest BCUT2D eigenvalue weighted by molar-refractivity contribution is 5.46. The van der Waals surface area contributed by atoms with Crippen LogP contribution in [0.25, 0.3) is 0 Å². The number of methoxy groups -OCH3 is 1. The van der Waals surface area contributed by atoms with Crippen molar-refractivity contribution in [1.29, 1.82) is 0 Å². The molecule has 4 heteroatoms. The van der Waals surface area contributed by atoms with Gasteiger partial charge in [-0.05, 0) is 30.5 Å². The van der Waals surface area contributed by atoms with Crippen LogP contribution in [-0.2, 0) is 10.3 Å². The van der Waals surface area contributed by atoms with Crippen LogP contribution in [0.1, 0.15) is 18.4 Å². The van der Waals surface area contributed by atoms with Crippen LogP contribution in [0.2, 0.25) is 0 Å². The lowest BCUT2D eigenvalue weighted by Gasteiger charge is -2.27. The first-order valence-corrected chi connectivity index (χ1v) is 5.86. The van der Waals surface area contributed by atoms with Gasteiger partial charge in [0.15, 0.2) is 11.5 Å². The lowest BCUT2D eigenvalue weighted by atomic mass is 10.1. The summed E-state index contributed by atoms with van der Waals surface area (Å²) >= 11 is 0. The first-order chi connectivity index (χ1) is 8.21. The van der Waals surface area contributed by atoms with Crippen LogP contribution in [0.4, 0.5) is 0 Å². The van der Waals surface area contributed by atoms with Crippen LogP contribution in [-0.4, -0.2) is 31.5 Å². The van der Waals surface area contributed by atoms with Gasteiger partial charge in [-0.15, -0.1) is 0 Å². The summed E-state index contributed by atoms with van der Waals surface area (Å²) in [6.07, 6.45) is 1.75. The second-order valence-corrected chi connectivity index (χ2v) is 4.67. The highest BCUT2D eigenvalue weighted by Crippen LogP contribution is 2.47. The second-order valence-electron chi connectivity index (χ2n) is 4.67. The van der Waals surface area contributed by atoms with Crippen LogP contribution in [0.15, 0.2) is 18.2 Å². The van der Waals surface area contributed by atoms with E-state index in [2.05, 4.69) is 0 Å². The van der Waals surface area contributed by atoms with Crippen molar-refractivity contribution in [2.75, 3.05) is 20.3 Å². The highest BCUT2D eigenvalue weighted by Gasteiger charge is 2.42. The minimum atomic E-state index is -0.638. The number of ether oxygens (including phenoxy) is 3. The zero-order valence-electron chi connectivity index (χ0n) is 9.81. The maximum absolute atomic E-state index is 10.1. The summed E-state index contributed by atoms with van der Waals surface area (Å²) in [5, 5.41) is 10.1. The summed E-state index contributed by atoms with van der Waals surface area (Å²) in [7, 11) is 1.62. The van der Waals surface area contributed by atoms with E-state index in [9.17, 15) is 5.11 Å². The molecule has 92 valence electrons. The van der Waals surface area contributed by atoms with Crippen molar-refractivity contribution in [1.82, 2.24) is 0 Å². The topological polar surface area (TPSA) is 47.9 Å². The maximum atomic E-state index is 10.1. The Hall–Kier alpha value is -1.26. The lowest BCUT2D eigenvalue weighted by Crippen LogP contribution is -2.38. The van der Waals surface area contributed by atoms with Crippen molar-refractivity contribution in [2.24, 2.45) is 0 Å². The van der Waals surface area contributed by atoms with Crippen LogP contribution < -0.4 is 9.47 Å². The molecule has 0 radical (unpaired) electrons. The van der Waals surface area contributed by atoms with Crippen molar-refractivity contribution in [3.63, 3.8) is 0 Å². The molecule has 3 rings (SSSR count). The van der Waals surface area contributed by atoms with E-state index in [1.807, 2.05) is 18.2 Å². The van der Waals surface area contributed by atoms with Crippen molar-refractivity contribution >= 4 is 0 Å². The lowest BCUT2D eigenvalue weighted by molar-refractivity contribution is -0.0804. The Labute approximate surface area is 100 Å². The fourth-order valence-corrected chi connectivity index (χ4v) is 1.93. The van der Waals surface area contributed by atoms with Crippen molar-refractivity contribution in [3.05, 3.63) is 23.8 Å². The molecule has 0 unspecified atom stereocenters. The Balaban J connectivity index is 1.86. The van der Waals surface area contributed by atoms with E-state index < -0.39 is 5.60 Å². The molecule has 0 aromatic heterocycles. The van der Waals surface area contributed by atoms with Crippen molar-refractivity contribution in [3.8, 4) is 11.5 Å². The zero-order valence-corrected chi connectivity index (χ0v) is 9.81. The van der Waals surface area contributed by atoms with E-state index >= 15 is 0 Å². The molecule has 1 N–H and O–H groups in total. The Morgan fingerprint density at radius 3 is 2.59 bits per heavy atom. The maximum Gasteiger partial charge on any atom is 0.162 e. The van der Waals surface area contributed by atoms with Crippen LogP contribution in [0, 0.1) is 0 Å². The molecule has 17 heavy (non-hydrogen) atoms. The summed E-state index contributed by atoms with van der Waals surface area (Å²) in [6, 6.07) is 5.63. The molecule has 1 aromatic carbocycles. The molecular formula is C13H16O4. The minimum Gasteiger partial charge on any atom is -0.493 e. The molecule has 1 saturated heterocycles. The minimum absolute atomic E-state index is 0.105. The zero-order chi connectivity index (χ0) is 11.9. The first-order valence-electron chi connectivity index (χ1n) is 5.86. The van der Waals surface area contributed by atoms with Gasteiger partial charge in [0, 0.05) is 0 Å². The fourth-order valence-electron chi connectivity index (χ4n) is 1.93. The number of benzene rings is 1. The predicted octanol–water partition coefficient (Wildman–Crippen LogP) is 1.45. The Morgan fingerprint density at radius 1 is 1.29 bits per heavy atom. The smallest absolute Gasteiger partial charge is 0.162 e. The summed E-state index contributed by atoms with van der Waals surface area (Å²) < 4.78 is 16.1. The van der Waals surface area contributed by atoms with E-state index in [4.69, 9.17) is 14.2 Å². The SMILES string of the molecule is COc1ccc(C2(O)CC2)cc1OC1COC1. The van der Waals surface area contributed by atoms with E-state index in [1.54, 1.807) is 7.11 Å². The van der Waals surface area contributed by atoms with E-state index in [0.29, 0.717) is 24.7 Å². The first kappa shape index (κ1) is 10.9. The number of rotatable bonds is 4. The summed E-state index contributed by atoms with van der Waals surface area (Å²) in [4.78, 5) is 0. The van der Waals surface area contributed by atoms with E-state index in [-0.39, 0.29) is 6.10 Å². The molecular weight excluding hydrogens is 220 g/mol. The molecule has 0 bridgehead atoms. The molecule has 1 aromatic rings. The van der Waals surface area contributed by atoms with Gasteiger partial charge >= 0.3 is 0 Å². The molecule has 1 saturated carbocycles. The molecule has 1 heterocycles. The van der Waals surface area contributed by atoms with E-state index in [0.717, 1.165) is 18.4 Å². The molecule has 2 fully saturated rings. The largest absolute Gasteiger partial charge is 0.493 e. The monoisotopic (exact) mass is 236 g/mol. The molecule has 0 atom stereocenters. The van der Waals surface area contributed by atoms with Gasteiger partial charge in [-0.3, -0.25) is 0 Å². The average molecular weight is 236 g/mol. The standard InChI is InChI=1S/C13H16O4/c1-15-11-3-2-9(13(14)4-5-13)6-12(11)17-10-7-16-8-10/h2-3,6,10,14H,4-5,7-8H2,1H3. The van der Waals surface area contributed by atoms with E-state index in [1.165, 1.54) is 0 Å². The summed E-state index contributed by atoms with van der Waals surface area (Å²) in [6.45, 7) is 1.25. The third-order valence-corrected chi connectivity index (χ3v) is 3.33. The average Bonchev–Trinajstić information content (AvgIpc) is 3.03. The van der Waals surface area contributed by atoms with Crippen LogP contribution >= 0.6 is 0 Å². The highest BCUT2D eigenvalue weighted by atomic mass is 16.6. The van der Waals surface area contributed by atoms with Gasteiger partial charge < -0.3 is 19.3 Å². The Kier molecular flexibility index (Phi) is 2.49. The van der Waals surface area contributed by atoms with Crippen molar-refractivity contribution in [2.45, 2.75) is 24.5 Å². The molecule has 1 aliphatic heterocycles. The molecule has 0 amide bonds. The Morgan fingerprint density at radius 2 is 2.06 bits per heavy atom. The van der Waals surface area contributed by atoms with Crippen LogP contribution in [0.5, 0.6) is 11.5 Å².